The molecule has 2 N–H and O–H groups in total. The average Bonchev–Trinajstić information content (AvgIpc) is 3.18. The SMILES string of the molecule is CCCc1n[nH]c(=S)n1CC(=O)NCCc1ccc(-n2nc(C)cc2C)cc1. The van der Waals surface area contributed by atoms with Gasteiger partial charge in [-0.2, -0.15) is 10.2 Å². The third kappa shape index (κ3) is 4.75. The number of hydrogen-bond acceptors (Lipinski definition) is 4. The highest BCUT2D eigenvalue weighted by atomic mass is 32.1. The number of H-pyrrole nitrogens is 1. The van der Waals surface area contributed by atoms with Gasteiger partial charge in [0.15, 0.2) is 4.77 Å². The van der Waals surface area contributed by atoms with Crippen LogP contribution in [0.25, 0.3) is 5.69 Å². The van der Waals surface area contributed by atoms with E-state index in [0.29, 0.717) is 11.3 Å². The Kier molecular flexibility index (Phi) is 6.41. The monoisotopic (exact) mass is 398 g/mol. The van der Waals surface area contributed by atoms with Gasteiger partial charge in [0.25, 0.3) is 0 Å². The molecule has 0 aliphatic rings. The lowest BCUT2D eigenvalue weighted by molar-refractivity contribution is -0.121. The predicted octanol–water partition coefficient (Wildman–Crippen LogP) is 3.05. The fourth-order valence-corrected chi connectivity index (χ4v) is 3.38. The first kappa shape index (κ1) is 20.0. The molecular formula is C20H26N6OS. The van der Waals surface area contributed by atoms with Gasteiger partial charge in [0, 0.05) is 18.7 Å². The van der Waals surface area contributed by atoms with Gasteiger partial charge in [-0.05, 0) is 62.7 Å². The van der Waals surface area contributed by atoms with Crippen molar-refractivity contribution in [3.05, 3.63) is 57.9 Å². The van der Waals surface area contributed by atoms with Gasteiger partial charge >= 0.3 is 0 Å². The summed E-state index contributed by atoms with van der Waals surface area (Å²) in [6.45, 7) is 6.88. The van der Waals surface area contributed by atoms with E-state index in [0.717, 1.165) is 47.7 Å². The number of benzene rings is 1. The summed E-state index contributed by atoms with van der Waals surface area (Å²) >= 11 is 5.22. The molecule has 0 fully saturated rings. The molecule has 0 aliphatic carbocycles. The third-order valence-electron chi connectivity index (χ3n) is 4.54. The van der Waals surface area contributed by atoms with Crippen LogP contribution in [0.1, 0.15) is 36.1 Å². The molecule has 0 bridgehead atoms. The summed E-state index contributed by atoms with van der Waals surface area (Å²) < 4.78 is 4.18. The van der Waals surface area contributed by atoms with Gasteiger partial charge < -0.3 is 5.32 Å². The molecule has 3 aromatic rings. The summed E-state index contributed by atoms with van der Waals surface area (Å²) in [7, 11) is 0. The molecule has 0 radical (unpaired) electrons. The van der Waals surface area contributed by atoms with Gasteiger partial charge in [-0.15, -0.1) is 0 Å². The molecule has 2 aromatic heterocycles. The van der Waals surface area contributed by atoms with E-state index in [2.05, 4.69) is 57.9 Å². The molecule has 1 aromatic carbocycles. The van der Waals surface area contributed by atoms with E-state index in [1.54, 1.807) is 4.57 Å². The molecule has 0 spiro atoms. The third-order valence-corrected chi connectivity index (χ3v) is 4.85. The van der Waals surface area contributed by atoms with Crippen molar-refractivity contribution in [1.29, 1.82) is 0 Å². The molecule has 148 valence electrons. The Bertz CT molecular complexity index is 999. The van der Waals surface area contributed by atoms with Crippen LogP contribution in [-0.4, -0.2) is 37.0 Å². The largest absolute Gasteiger partial charge is 0.354 e. The maximum atomic E-state index is 12.3. The van der Waals surface area contributed by atoms with Crippen molar-refractivity contribution < 1.29 is 4.79 Å². The first-order valence-corrected chi connectivity index (χ1v) is 9.92. The second-order valence-electron chi connectivity index (χ2n) is 6.89. The van der Waals surface area contributed by atoms with Crippen LogP contribution in [-0.2, 0) is 24.2 Å². The number of hydrogen-bond donors (Lipinski definition) is 2. The lowest BCUT2D eigenvalue weighted by Crippen LogP contribution is -2.30. The normalized spacial score (nSPS) is 11.0. The van der Waals surface area contributed by atoms with E-state index in [9.17, 15) is 4.79 Å². The Morgan fingerprint density at radius 1 is 1.21 bits per heavy atom. The Labute approximate surface area is 169 Å². The van der Waals surface area contributed by atoms with Crippen molar-refractivity contribution in [2.24, 2.45) is 0 Å². The number of aromatic amines is 1. The number of amides is 1. The second-order valence-corrected chi connectivity index (χ2v) is 7.27. The number of aryl methyl sites for hydroxylation is 3. The topological polar surface area (TPSA) is 80.5 Å². The maximum absolute atomic E-state index is 12.3. The fourth-order valence-electron chi connectivity index (χ4n) is 3.17. The van der Waals surface area contributed by atoms with Gasteiger partial charge in [0.05, 0.1) is 11.4 Å². The lowest BCUT2D eigenvalue weighted by Gasteiger charge is -2.09. The van der Waals surface area contributed by atoms with E-state index in [1.807, 2.05) is 18.5 Å². The zero-order valence-corrected chi connectivity index (χ0v) is 17.3. The summed E-state index contributed by atoms with van der Waals surface area (Å²) in [6.07, 6.45) is 2.51. The summed E-state index contributed by atoms with van der Waals surface area (Å²) in [5.41, 5.74) is 4.32. The highest BCUT2D eigenvalue weighted by molar-refractivity contribution is 7.71. The van der Waals surface area contributed by atoms with Gasteiger partial charge in [-0.25, -0.2) is 4.68 Å². The Morgan fingerprint density at radius 3 is 2.61 bits per heavy atom. The zero-order valence-electron chi connectivity index (χ0n) is 16.5. The molecule has 0 saturated carbocycles. The molecular weight excluding hydrogens is 372 g/mol. The van der Waals surface area contributed by atoms with Crippen LogP contribution < -0.4 is 5.32 Å². The van der Waals surface area contributed by atoms with Crippen molar-refractivity contribution in [1.82, 2.24) is 29.9 Å². The van der Waals surface area contributed by atoms with E-state index in [-0.39, 0.29) is 12.5 Å². The number of rotatable bonds is 8. The van der Waals surface area contributed by atoms with Crippen molar-refractivity contribution >= 4 is 18.1 Å². The van der Waals surface area contributed by atoms with Crippen LogP contribution in [0.4, 0.5) is 0 Å². The minimum absolute atomic E-state index is 0.0610. The molecule has 0 unspecified atom stereocenters. The van der Waals surface area contributed by atoms with Crippen molar-refractivity contribution in [3.63, 3.8) is 0 Å². The summed E-state index contributed by atoms with van der Waals surface area (Å²) in [6, 6.07) is 10.3. The second kappa shape index (κ2) is 8.97. The molecule has 8 heteroatoms. The van der Waals surface area contributed by atoms with Gasteiger partial charge in [0.1, 0.15) is 12.4 Å². The highest BCUT2D eigenvalue weighted by Gasteiger charge is 2.10. The minimum Gasteiger partial charge on any atom is -0.354 e. The molecule has 1 amide bonds. The number of carbonyl (C=O) groups excluding carboxylic acids is 1. The smallest absolute Gasteiger partial charge is 0.240 e. The summed E-state index contributed by atoms with van der Waals surface area (Å²) in [4.78, 5) is 12.3. The Morgan fingerprint density at radius 2 is 1.96 bits per heavy atom. The zero-order chi connectivity index (χ0) is 20.1. The molecule has 0 saturated heterocycles. The number of carbonyl (C=O) groups is 1. The molecule has 7 nitrogen and oxygen atoms in total. The number of aromatic nitrogens is 5. The van der Waals surface area contributed by atoms with Crippen LogP contribution in [0.5, 0.6) is 0 Å². The summed E-state index contributed by atoms with van der Waals surface area (Å²) in [5.74, 6) is 0.761. The van der Waals surface area contributed by atoms with E-state index in [1.165, 1.54) is 0 Å². The van der Waals surface area contributed by atoms with Crippen LogP contribution in [0, 0.1) is 18.6 Å². The quantitative estimate of drug-likeness (QED) is 0.572. The Balaban J connectivity index is 1.52. The van der Waals surface area contributed by atoms with Crippen molar-refractivity contribution in [2.75, 3.05) is 6.54 Å². The standard InChI is InChI=1S/C20H26N6OS/c1-4-5-18-22-23-20(28)25(18)13-19(27)21-11-10-16-6-8-17(9-7-16)26-15(3)12-14(2)24-26/h6-9,12H,4-5,10-11,13H2,1-3H3,(H,21,27)(H,23,28). The van der Waals surface area contributed by atoms with Crippen LogP contribution in [0.15, 0.2) is 30.3 Å². The van der Waals surface area contributed by atoms with Gasteiger partial charge in [0.2, 0.25) is 5.91 Å². The first-order valence-electron chi connectivity index (χ1n) is 9.51. The van der Waals surface area contributed by atoms with E-state index >= 15 is 0 Å². The van der Waals surface area contributed by atoms with Gasteiger partial charge in [-0.1, -0.05) is 19.1 Å². The fraction of sp³-hybridized carbons (Fsp3) is 0.400. The maximum Gasteiger partial charge on any atom is 0.240 e. The lowest BCUT2D eigenvalue weighted by atomic mass is 10.1. The minimum atomic E-state index is -0.0610. The molecule has 3 rings (SSSR count). The van der Waals surface area contributed by atoms with Crippen molar-refractivity contribution in [2.45, 2.75) is 46.6 Å². The summed E-state index contributed by atoms with van der Waals surface area (Å²) in [5, 5.41) is 14.4. The Hall–Kier alpha value is -2.74. The van der Waals surface area contributed by atoms with Gasteiger partial charge in [-0.3, -0.25) is 14.5 Å². The molecule has 2 heterocycles. The first-order chi connectivity index (χ1) is 13.5. The van der Waals surface area contributed by atoms with E-state index in [4.69, 9.17) is 12.2 Å². The molecule has 0 atom stereocenters. The average molecular weight is 399 g/mol. The van der Waals surface area contributed by atoms with Crippen LogP contribution in [0.3, 0.4) is 0 Å². The van der Waals surface area contributed by atoms with E-state index < -0.39 is 0 Å². The van der Waals surface area contributed by atoms with Crippen LogP contribution in [0.2, 0.25) is 0 Å². The molecule has 28 heavy (non-hydrogen) atoms. The number of nitrogens with zero attached hydrogens (tertiary/aromatic N) is 4. The van der Waals surface area contributed by atoms with Crippen molar-refractivity contribution in [3.8, 4) is 5.69 Å². The highest BCUT2D eigenvalue weighted by Crippen LogP contribution is 2.13. The molecule has 0 aliphatic heterocycles. The van der Waals surface area contributed by atoms with Crippen LogP contribution >= 0.6 is 12.2 Å². The predicted molar refractivity (Wildman–Crippen MR) is 111 cm³/mol. The number of nitrogens with one attached hydrogen (secondary N) is 2.